The molecule has 140 valence electrons. The maximum atomic E-state index is 12.8. The molecule has 0 saturated carbocycles. The molecule has 3 rings (SSSR count). The molecule has 0 aliphatic carbocycles. The first-order valence-corrected chi connectivity index (χ1v) is 10.1. The van der Waals surface area contributed by atoms with Crippen molar-refractivity contribution < 1.29 is 22.8 Å². The lowest BCUT2D eigenvalue weighted by molar-refractivity contribution is -0.136. The predicted octanol–water partition coefficient (Wildman–Crippen LogP) is 0.165. The second-order valence-corrected chi connectivity index (χ2v) is 8.58. The van der Waals surface area contributed by atoms with Crippen molar-refractivity contribution in [2.24, 2.45) is 0 Å². The third-order valence-electron chi connectivity index (χ3n) is 4.88. The Morgan fingerprint density at radius 2 is 1.54 bits per heavy atom. The van der Waals surface area contributed by atoms with Gasteiger partial charge in [-0.2, -0.15) is 4.31 Å². The van der Waals surface area contributed by atoms with Crippen LogP contribution in [0.4, 0.5) is 0 Å². The minimum absolute atomic E-state index is 0.0202. The summed E-state index contributed by atoms with van der Waals surface area (Å²) < 4.78 is 25.2. The molecule has 26 heavy (non-hydrogen) atoms. The van der Waals surface area contributed by atoms with E-state index in [4.69, 9.17) is 0 Å². The van der Waals surface area contributed by atoms with Crippen molar-refractivity contribution in [3.8, 4) is 0 Å². The summed E-state index contributed by atoms with van der Waals surface area (Å²) in [6.45, 7) is 4.03. The number of sulfonamides is 1. The lowest BCUT2D eigenvalue weighted by Gasteiger charge is -2.36. The number of rotatable bonds is 4. The molecule has 2 heterocycles. The summed E-state index contributed by atoms with van der Waals surface area (Å²) in [4.78, 5) is 40.3. The van der Waals surface area contributed by atoms with Crippen molar-refractivity contribution in [3.63, 3.8) is 0 Å². The van der Waals surface area contributed by atoms with Crippen molar-refractivity contribution in [2.75, 3.05) is 31.9 Å². The first-order valence-electron chi connectivity index (χ1n) is 8.51. The summed E-state index contributed by atoms with van der Waals surface area (Å²) in [5, 5.41) is 0. The molecular formula is C17H21N3O5S. The van der Waals surface area contributed by atoms with Crippen molar-refractivity contribution in [2.45, 2.75) is 19.9 Å². The molecule has 9 heteroatoms. The molecule has 0 N–H and O–H groups in total. The molecule has 0 bridgehead atoms. The van der Waals surface area contributed by atoms with Crippen LogP contribution in [0.2, 0.25) is 0 Å². The average Bonchev–Trinajstić information content (AvgIpc) is 2.91. The van der Waals surface area contributed by atoms with E-state index in [9.17, 15) is 22.8 Å². The van der Waals surface area contributed by atoms with Crippen LogP contribution < -0.4 is 0 Å². The molecule has 8 nitrogen and oxygen atoms in total. The zero-order valence-corrected chi connectivity index (χ0v) is 15.5. The lowest BCUT2D eigenvalue weighted by Crippen LogP contribution is -2.56. The van der Waals surface area contributed by atoms with Crippen molar-refractivity contribution in [3.05, 3.63) is 35.4 Å². The normalized spacial score (nSPS) is 19.6. The highest BCUT2D eigenvalue weighted by atomic mass is 32.2. The van der Waals surface area contributed by atoms with Gasteiger partial charge in [-0.05, 0) is 26.0 Å². The Labute approximate surface area is 152 Å². The third kappa shape index (κ3) is 3.01. The van der Waals surface area contributed by atoms with E-state index in [0.29, 0.717) is 11.1 Å². The monoisotopic (exact) mass is 379 g/mol. The molecule has 0 radical (unpaired) electrons. The van der Waals surface area contributed by atoms with E-state index in [2.05, 4.69) is 0 Å². The fourth-order valence-electron chi connectivity index (χ4n) is 3.30. The van der Waals surface area contributed by atoms with Gasteiger partial charge in [0.1, 0.15) is 6.04 Å². The Hall–Kier alpha value is -2.26. The Kier molecular flexibility index (Phi) is 4.85. The van der Waals surface area contributed by atoms with Crippen LogP contribution in [0.3, 0.4) is 0 Å². The first kappa shape index (κ1) is 18.5. The van der Waals surface area contributed by atoms with Gasteiger partial charge in [0.25, 0.3) is 11.8 Å². The summed E-state index contributed by atoms with van der Waals surface area (Å²) in [6, 6.07) is 5.56. The number of fused-ring (bicyclic) bond motifs is 1. The quantitative estimate of drug-likeness (QED) is 0.695. The highest BCUT2D eigenvalue weighted by molar-refractivity contribution is 7.89. The van der Waals surface area contributed by atoms with Crippen LogP contribution in [0.25, 0.3) is 0 Å². The van der Waals surface area contributed by atoms with Crippen molar-refractivity contribution >= 4 is 27.7 Å². The number of imide groups is 1. The van der Waals surface area contributed by atoms with Crippen molar-refractivity contribution in [1.82, 2.24) is 14.1 Å². The molecule has 1 fully saturated rings. The number of amides is 3. The minimum atomic E-state index is -3.28. The maximum absolute atomic E-state index is 12.8. The van der Waals surface area contributed by atoms with Gasteiger partial charge in [0, 0.05) is 26.2 Å². The van der Waals surface area contributed by atoms with Crippen LogP contribution in [0, 0.1) is 0 Å². The topological polar surface area (TPSA) is 95.1 Å². The smallest absolute Gasteiger partial charge is 0.262 e. The van der Waals surface area contributed by atoms with E-state index in [1.807, 2.05) is 0 Å². The fraction of sp³-hybridized carbons (Fsp3) is 0.471. The second kappa shape index (κ2) is 6.81. The number of benzene rings is 1. The van der Waals surface area contributed by atoms with Gasteiger partial charge in [-0.1, -0.05) is 12.1 Å². The van der Waals surface area contributed by atoms with Crippen LogP contribution in [0.1, 0.15) is 34.6 Å². The third-order valence-corrected chi connectivity index (χ3v) is 6.76. The molecule has 1 aromatic carbocycles. The Balaban J connectivity index is 1.70. The molecule has 1 aromatic rings. The molecule has 1 saturated heterocycles. The molecule has 2 aliphatic rings. The lowest BCUT2D eigenvalue weighted by atomic mass is 10.1. The minimum Gasteiger partial charge on any atom is -0.338 e. The van der Waals surface area contributed by atoms with Gasteiger partial charge in [-0.15, -0.1) is 0 Å². The molecule has 1 unspecified atom stereocenters. The number of carbonyl (C=O) groups is 3. The molecule has 0 spiro atoms. The largest absolute Gasteiger partial charge is 0.338 e. The Bertz CT molecular complexity index is 824. The number of hydrogen-bond acceptors (Lipinski definition) is 5. The van der Waals surface area contributed by atoms with E-state index >= 15 is 0 Å². The first-order chi connectivity index (χ1) is 12.3. The molecule has 0 aromatic heterocycles. The van der Waals surface area contributed by atoms with Gasteiger partial charge in [0.05, 0.1) is 16.9 Å². The van der Waals surface area contributed by atoms with E-state index in [0.717, 1.165) is 4.90 Å². The number of piperazine rings is 1. The van der Waals surface area contributed by atoms with Crippen LogP contribution in [-0.4, -0.2) is 78.2 Å². The Morgan fingerprint density at radius 1 is 1.04 bits per heavy atom. The van der Waals surface area contributed by atoms with Crippen LogP contribution in [-0.2, 0) is 14.8 Å². The van der Waals surface area contributed by atoms with Gasteiger partial charge in [-0.25, -0.2) is 8.42 Å². The fourth-order valence-corrected chi connectivity index (χ4v) is 4.39. The van der Waals surface area contributed by atoms with E-state index in [-0.39, 0.29) is 37.8 Å². The molecule has 1 atom stereocenters. The van der Waals surface area contributed by atoms with Crippen molar-refractivity contribution in [1.29, 1.82) is 0 Å². The number of hydrogen-bond donors (Lipinski definition) is 0. The van der Waals surface area contributed by atoms with Gasteiger partial charge in [0.15, 0.2) is 0 Å². The number of carbonyl (C=O) groups excluding carboxylic acids is 3. The summed E-state index contributed by atoms with van der Waals surface area (Å²) in [7, 11) is -3.28. The second-order valence-electron chi connectivity index (χ2n) is 6.33. The Morgan fingerprint density at radius 3 is 2.00 bits per heavy atom. The SMILES string of the molecule is CCS(=O)(=O)N1CCN(C(=O)C(C)N2C(=O)c3ccccc3C2=O)CC1. The van der Waals surface area contributed by atoms with E-state index in [1.54, 1.807) is 31.2 Å². The number of nitrogens with zero attached hydrogens (tertiary/aromatic N) is 3. The van der Waals surface area contributed by atoms with Crippen LogP contribution >= 0.6 is 0 Å². The zero-order valence-electron chi connectivity index (χ0n) is 14.7. The zero-order chi connectivity index (χ0) is 19.1. The predicted molar refractivity (Wildman–Crippen MR) is 94.0 cm³/mol. The van der Waals surface area contributed by atoms with Gasteiger partial charge in [-0.3, -0.25) is 19.3 Å². The highest BCUT2D eigenvalue weighted by Crippen LogP contribution is 2.25. The van der Waals surface area contributed by atoms with Crippen LogP contribution in [0.5, 0.6) is 0 Å². The maximum Gasteiger partial charge on any atom is 0.262 e. The van der Waals surface area contributed by atoms with Gasteiger partial charge < -0.3 is 4.90 Å². The van der Waals surface area contributed by atoms with Gasteiger partial charge in [0.2, 0.25) is 15.9 Å². The molecular weight excluding hydrogens is 358 g/mol. The standard InChI is InChI=1S/C17H21N3O5S/c1-3-26(24,25)19-10-8-18(9-11-19)15(21)12(2)20-16(22)13-6-4-5-7-14(13)17(20)23/h4-7,12H,3,8-11H2,1-2H3. The van der Waals surface area contributed by atoms with Crippen LogP contribution in [0.15, 0.2) is 24.3 Å². The van der Waals surface area contributed by atoms with Gasteiger partial charge >= 0.3 is 0 Å². The summed E-state index contributed by atoms with van der Waals surface area (Å²) in [5.74, 6) is -1.28. The highest BCUT2D eigenvalue weighted by Gasteiger charge is 2.42. The molecule has 2 aliphatic heterocycles. The van der Waals surface area contributed by atoms with E-state index < -0.39 is 27.9 Å². The average molecular weight is 379 g/mol. The summed E-state index contributed by atoms with van der Waals surface area (Å²) in [5.41, 5.74) is 0.604. The summed E-state index contributed by atoms with van der Waals surface area (Å²) in [6.07, 6.45) is 0. The molecule has 3 amide bonds. The summed E-state index contributed by atoms with van der Waals surface area (Å²) >= 11 is 0. The van der Waals surface area contributed by atoms with E-state index in [1.165, 1.54) is 16.1 Å².